The predicted octanol–water partition coefficient (Wildman–Crippen LogP) is 3.10. The van der Waals surface area contributed by atoms with Crippen molar-refractivity contribution in [2.45, 2.75) is 12.7 Å². The van der Waals surface area contributed by atoms with Crippen LogP contribution in [0.5, 0.6) is 0 Å². The van der Waals surface area contributed by atoms with Crippen molar-refractivity contribution in [2.24, 2.45) is 0 Å². The number of hydrogen-bond acceptors (Lipinski definition) is 4. The molecule has 10 heteroatoms. The second-order valence-electron chi connectivity index (χ2n) is 5.31. The topological polar surface area (TPSA) is 76.9 Å². The van der Waals surface area contributed by atoms with Crippen molar-refractivity contribution in [3.63, 3.8) is 0 Å². The summed E-state index contributed by atoms with van der Waals surface area (Å²) in [5, 5.41) is 9.88. The van der Waals surface area contributed by atoms with Crippen LogP contribution in [0, 0.1) is 0 Å². The molecular weight excluding hydrogens is 373 g/mol. The van der Waals surface area contributed by atoms with E-state index < -0.39 is 29.8 Å². The van der Waals surface area contributed by atoms with Gasteiger partial charge in [-0.2, -0.15) is 13.2 Å². The van der Waals surface area contributed by atoms with Gasteiger partial charge in [0.2, 0.25) is 5.91 Å². The van der Waals surface area contributed by atoms with Gasteiger partial charge in [-0.1, -0.05) is 28.9 Å². The van der Waals surface area contributed by atoms with E-state index in [1.807, 2.05) is 0 Å². The summed E-state index contributed by atoms with van der Waals surface area (Å²) in [7, 11) is 0. The van der Waals surface area contributed by atoms with Gasteiger partial charge in [0.05, 0.1) is 21.7 Å². The highest BCUT2D eigenvalue weighted by atomic mass is 35.5. The lowest BCUT2D eigenvalue weighted by Crippen LogP contribution is -2.30. The number of hydrogen-bond donors (Lipinski definition) is 1. The molecule has 2 aromatic carbocycles. The van der Waals surface area contributed by atoms with Crippen LogP contribution in [0.3, 0.4) is 0 Å². The van der Waals surface area contributed by atoms with Crippen molar-refractivity contribution in [2.75, 3.05) is 5.32 Å². The lowest BCUT2D eigenvalue weighted by molar-refractivity contribution is -0.137. The molecule has 0 fully saturated rings. The Morgan fingerprint density at radius 2 is 1.92 bits per heavy atom. The van der Waals surface area contributed by atoms with Gasteiger partial charge in [-0.3, -0.25) is 9.59 Å². The van der Waals surface area contributed by atoms with Crippen LogP contribution in [0.15, 0.2) is 47.3 Å². The molecule has 1 amide bonds. The highest BCUT2D eigenvalue weighted by Gasteiger charge is 2.31. The van der Waals surface area contributed by atoms with Gasteiger partial charge < -0.3 is 5.32 Å². The molecule has 0 bridgehead atoms. The van der Waals surface area contributed by atoms with Crippen LogP contribution < -0.4 is 10.9 Å². The van der Waals surface area contributed by atoms with Gasteiger partial charge in [0, 0.05) is 0 Å². The Morgan fingerprint density at radius 3 is 2.62 bits per heavy atom. The highest BCUT2D eigenvalue weighted by Crippen LogP contribution is 2.33. The molecule has 0 aliphatic carbocycles. The number of anilines is 1. The van der Waals surface area contributed by atoms with Crippen molar-refractivity contribution in [1.29, 1.82) is 0 Å². The zero-order chi connectivity index (χ0) is 18.9. The standard InChI is InChI=1S/C16H10ClF3N4O2/c17-11-7-9(16(18,19)20)5-6-13(11)21-14(25)8-24-15(26)10-3-1-2-4-12(10)22-23-24/h1-7H,8H2,(H,21,25). The fourth-order valence-corrected chi connectivity index (χ4v) is 2.47. The monoisotopic (exact) mass is 382 g/mol. The van der Waals surface area contributed by atoms with Crippen molar-refractivity contribution in [1.82, 2.24) is 15.0 Å². The molecule has 0 radical (unpaired) electrons. The summed E-state index contributed by atoms with van der Waals surface area (Å²) in [6.45, 7) is -0.464. The van der Waals surface area contributed by atoms with Crippen molar-refractivity contribution in [3.05, 3.63) is 63.4 Å². The van der Waals surface area contributed by atoms with E-state index in [2.05, 4.69) is 15.6 Å². The summed E-state index contributed by atoms with van der Waals surface area (Å²) >= 11 is 5.78. The van der Waals surface area contributed by atoms with E-state index in [-0.39, 0.29) is 10.7 Å². The maximum absolute atomic E-state index is 12.6. The Kier molecular flexibility index (Phi) is 4.64. The lowest BCUT2D eigenvalue weighted by Gasteiger charge is -2.11. The normalized spacial score (nSPS) is 11.5. The quantitative estimate of drug-likeness (QED) is 0.755. The Balaban J connectivity index is 1.80. The Hall–Kier alpha value is -2.94. The third-order valence-corrected chi connectivity index (χ3v) is 3.81. The highest BCUT2D eigenvalue weighted by molar-refractivity contribution is 6.33. The molecule has 134 valence electrons. The minimum Gasteiger partial charge on any atom is -0.323 e. The zero-order valence-electron chi connectivity index (χ0n) is 12.9. The first kappa shape index (κ1) is 17.9. The second kappa shape index (κ2) is 6.75. The number of nitrogens with one attached hydrogen (secondary N) is 1. The van der Waals surface area contributed by atoms with Crippen LogP contribution in [-0.2, 0) is 17.5 Å². The van der Waals surface area contributed by atoms with E-state index in [0.29, 0.717) is 17.0 Å². The van der Waals surface area contributed by atoms with Gasteiger partial charge in [0.25, 0.3) is 5.56 Å². The summed E-state index contributed by atoms with van der Waals surface area (Å²) in [6.07, 6.45) is -4.54. The SMILES string of the molecule is O=C(Cn1nnc2ccccc2c1=O)Nc1ccc(C(F)(F)F)cc1Cl. The molecule has 1 heterocycles. The molecule has 0 saturated carbocycles. The fourth-order valence-electron chi connectivity index (χ4n) is 2.25. The molecule has 6 nitrogen and oxygen atoms in total. The Morgan fingerprint density at radius 1 is 1.19 bits per heavy atom. The van der Waals surface area contributed by atoms with E-state index in [4.69, 9.17) is 11.6 Å². The summed E-state index contributed by atoms with van der Waals surface area (Å²) < 4.78 is 38.7. The summed E-state index contributed by atoms with van der Waals surface area (Å²) in [6, 6.07) is 9.04. The average Bonchev–Trinajstić information content (AvgIpc) is 2.58. The third kappa shape index (κ3) is 3.67. The molecule has 0 unspecified atom stereocenters. The molecule has 1 aromatic heterocycles. The van der Waals surface area contributed by atoms with E-state index in [1.54, 1.807) is 24.3 Å². The van der Waals surface area contributed by atoms with Crippen LogP contribution >= 0.6 is 11.6 Å². The minimum atomic E-state index is -4.54. The van der Waals surface area contributed by atoms with Gasteiger partial charge in [-0.15, -0.1) is 5.10 Å². The number of fused-ring (bicyclic) bond motifs is 1. The van der Waals surface area contributed by atoms with Crippen molar-refractivity contribution in [3.8, 4) is 0 Å². The Bertz CT molecular complexity index is 1050. The molecule has 0 aliphatic rings. The van der Waals surface area contributed by atoms with Gasteiger partial charge in [-0.05, 0) is 30.3 Å². The number of halogens is 4. The van der Waals surface area contributed by atoms with E-state index in [1.165, 1.54) is 0 Å². The first-order valence-corrected chi connectivity index (χ1v) is 7.62. The number of carbonyl (C=O) groups excluding carboxylic acids is 1. The molecule has 0 aliphatic heterocycles. The molecule has 1 N–H and O–H groups in total. The molecule has 0 atom stereocenters. The predicted molar refractivity (Wildman–Crippen MR) is 88.9 cm³/mol. The van der Waals surface area contributed by atoms with E-state index in [9.17, 15) is 22.8 Å². The van der Waals surface area contributed by atoms with E-state index in [0.717, 1.165) is 16.8 Å². The minimum absolute atomic E-state index is 0.00790. The number of benzene rings is 2. The number of aromatic nitrogens is 3. The first-order chi connectivity index (χ1) is 12.3. The van der Waals surface area contributed by atoms with Gasteiger partial charge in [-0.25, -0.2) is 4.68 Å². The number of amides is 1. The van der Waals surface area contributed by atoms with Gasteiger partial charge >= 0.3 is 6.18 Å². The molecule has 0 spiro atoms. The fraction of sp³-hybridized carbons (Fsp3) is 0.125. The number of rotatable bonds is 3. The van der Waals surface area contributed by atoms with Crippen LogP contribution in [-0.4, -0.2) is 20.9 Å². The summed E-state index contributed by atoms with van der Waals surface area (Å²) in [5.74, 6) is -0.682. The van der Waals surface area contributed by atoms with Crippen molar-refractivity contribution >= 4 is 34.1 Å². The molecule has 3 aromatic rings. The number of carbonyl (C=O) groups is 1. The van der Waals surface area contributed by atoms with Crippen LogP contribution in [0.1, 0.15) is 5.56 Å². The smallest absolute Gasteiger partial charge is 0.323 e. The summed E-state index contributed by atoms with van der Waals surface area (Å²) in [5.41, 5.74) is -1.06. The molecule has 3 rings (SSSR count). The van der Waals surface area contributed by atoms with Crippen LogP contribution in [0.2, 0.25) is 5.02 Å². The molecular formula is C16H10ClF3N4O2. The maximum Gasteiger partial charge on any atom is 0.416 e. The molecule has 26 heavy (non-hydrogen) atoms. The zero-order valence-corrected chi connectivity index (χ0v) is 13.7. The number of alkyl halides is 3. The van der Waals surface area contributed by atoms with Gasteiger partial charge in [0.15, 0.2) is 0 Å². The lowest BCUT2D eigenvalue weighted by atomic mass is 10.2. The van der Waals surface area contributed by atoms with Crippen LogP contribution in [0.25, 0.3) is 10.9 Å². The van der Waals surface area contributed by atoms with E-state index >= 15 is 0 Å². The van der Waals surface area contributed by atoms with Crippen LogP contribution in [0.4, 0.5) is 18.9 Å². The molecule has 0 saturated heterocycles. The van der Waals surface area contributed by atoms with Gasteiger partial charge in [0.1, 0.15) is 12.1 Å². The first-order valence-electron chi connectivity index (χ1n) is 7.25. The third-order valence-electron chi connectivity index (χ3n) is 3.49. The largest absolute Gasteiger partial charge is 0.416 e. The number of nitrogens with zero attached hydrogens (tertiary/aromatic N) is 3. The second-order valence-corrected chi connectivity index (χ2v) is 5.72. The summed E-state index contributed by atoms with van der Waals surface area (Å²) in [4.78, 5) is 24.4. The maximum atomic E-state index is 12.6. The Labute approximate surface area is 149 Å². The average molecular weight is 383 g/mol. The van der Waals surface area contributed by atoms with Crippen molar-refractivity contribution < 1.29 is 18.0 Å².